The number of nitrogens with two attached hydrogens (primary N) is 1. The maximum Gasteiger partial charge on any atom is 0.258 e. The summed E-state index contributed by atoms with van der Waals surface area (Å²) in [5, 5.41) is 2.97. The minimum absolute atomic E-state index is 0. The van der Waals surface area contributed by atoms with E-state index in [1.807, 2.05) is 19.1 Å². The summed E-state index contributed by atoms with van der Waals surface area (Å²) < 4.78 is 11.0. The number of hydrogen-bond acceptors (Lipinski definition) is 4. The Hall–Kier alpha value is -1.46. The van der Waals surface area contributed by atoms with Gasteiger partial charge >= 0.3 is 0 Å². The van der Waals surface area contributed by atoms with Gasteiger partial charge in [0.2, 0.25) is 0 Å². The molecular weight excluding hydrogens is 328 g/mol. The highest BCUT2D eigenvalue weighted by atomic mass is 35.5. The van der Waals surface area contributed by atoms with Crippen molar-refractivity contribution >= 4 is 18.3 Å². The first-order valence-corrected chi connectivity index (χ1v) is 8.25. The second kappa shape index (κ2) is 11.2. The minimum atomic E-state index is -0.396. The predicted octanol–water partition coefficient (Wildman–Crippen LogP) is 3.16. The van der Waals surface area contributed by atoms with Gasteiger partial charge < -0.3 is 20.5 Å². The van der Waals surface area contributed by atoms with Crippen molar-refractivity contribution in [2.75, 3.05) is 19.8 Å². The number of benzene rings is 1. The Morgan fingerprint density at radius 1 is 1.21 bits per heavy atom. The molecule has 3 N–H and O–H groups in total. The molecular formula is C18H31ClN2O3. The lowest BCUT2D eigenvalue weighted by Gasteiger charge is -2.31. The van der Waals surface area contributed by atoms with Crippen LogP contribution in [-0.4, -0.2) is 31.2 Å². The van der Waals surface area contributed by atoms with Crippen molar-refractivity contribution in [1.29, 1.82) is 0 Å². The molecule has 0 aliphatic heterocycles. The van der Waals surface area contributed by atoms with Gasteiger partial charge in [-0.2, -0.15) is 0 Å². The molecule has 1 amide bonds. The monoisotopic (exact) mass is 358 g/mol. The zero-order valence-electron chi connectivity index (χ0n) is 15.1. The number of ether oxygens (including phenoxy) is 2. The molecule has 0 saturated carbocycles. The van der Waals surface area contributed by atoms with Gasteiger partial charge in [-0.15, -0.1) is 12.4 Å². The Balaban J connectivity index is 0.00000529. The fourth-order valence-electron chi connectivity index (χ4n) is 2.46. The summed E-state index contributed by atoms with van der Waals surface area (Å²) >= 11 is 0. The molecule has 0 spiro atoms. The van der Waals surface area contributed by atoms with Crippen LogP contribution in [0.4, 0.5) is 0 Å². The van der Waals surface area contributed by atoms with Gasteiger partial charge in [0, 0.05) is 12.1 Å². The van der Waals surface area contributed by atoms with Crippen LogP contribution in [0.15, 0.2) is 24.3 Å². The maximum atomic E-state index is 12.1. The average molecular weight is 359 g/mol. The van der Waals surface area contributed by atoms with Gasteiger partial charge in [0.25, 0.3) is 5.91 Å². The number of rotatable bonds is 10. The lowest BCUT2D eigenvalue weighted by Crippen LogP contribution is -2.53. The zero-order chi connectivity index (χ0) is 17.3. The summed E-state index contributed by atoms with van der Waals surface area (Å²) in [6, 6.07) is 7.28. The van der Waals surface area contributed by atoms with Crippen LogP contribution in [0.2, 0.25) is 0 Å². The molecule has 1 aromatic carbocycles. The van der Waals surface area contributed by atoms with Crippen LogP contribution in [0.25, 0.3) is 0 Å². The van der Waals surface area contributed by atoms with E-state index < -0.39 is 5.54 Å². The van der Waals surface area contributed by atoms with Crippen molar-refractivity contribution in [1.82, 2.24) is 5.32 Å². The number of carbonyl (C=O) groups excluding carboxylic acids is 1. The Bertz CT molecular complexity index is 480. The van der Waals surface area contributed by atoms with E-state index in [9.17, 15) is 4.79 Å². The molecule has 1 aromatic rings. The van der Waals surface area contributed by atoms with Gasteiger partial charge in [0.1, 0.15) is 11.5 Å². The number of carbonyl (C=O) groups is 1. The number of hydrogen-bond donors (Lipinski definition) is 2. The molecule has 0 fully saturated rings. The maximum absolute atomic E-state index is 12.1. The van der Waals surface area contributed by atoms with E-state index in [1.54, 1.807) is 12.1 Å². The topological polar surface area (TPSA) is 73.6 Å². The van der Waals surface area contributed by atoms with E-state index in [0.29, 0.717) is 24.8 Å². The Morgan fingerprint density at radius 3 is 2.21 bits per heavy atom. The third-order valence-electron chi connectivity index (χ3n) is 3.42. The molecule has 5 nitrogen and oxygen atoms in total. The third-order valence-corrected chi connectivity index (χ3v) is 3.42. The van der Waals surface area contributed by atoms with Crippen LogP contribution in [-0.2, 0) is 4.79 Å². The molecule has 0 saturated heterocycles. The SMILES string of the molecule is CCCOc1ccc(OCC(=O)NC(C)(CN)CC(C)C)cc1.Cl. The quantitative estimate of drug-likeness (QED) is 0.673. The second-order valence-electron chi connectivity index (χ2n) is 6.52. The molecule has 0 bridgehead atoms. The van der Waals surface area contributed by atoms with Crippen molar-refractivity contribution in [3.8, 4) is 11.5 Å². The predicted molar refractivity (Wildman–Crippen MR) is 100 cm³/mol. The van der Waals surface area contributed by atoms with E-state index in [0.717, 1.165) is 18.6 Å². The first-order valence-electron chi connectivity index (χ1n) is 8.25. The fourth-order valence-corrected chi connectivity index (χ4v) is 2.46. The first-order chi connectivity index (χ1) is 10.9. The van der Waals surface area contributed by atoms with Crippen LogP contribution < -0.4 is 20.5 Å². The molecule has 0 aromatic heterocycles. The largest absolute Gasteiger partial charge is 0.494 e. The summed E-state index contributed by atoms with van der Waals surface area (Å²) in [5.74, 6) is 1.74. The van der Waals surface area contributed by atoms with Crippen molar-refractivity contribution in [3.63, 3.8) is 0 Å². The average Bonchev–Trinajstić information content (AvgIpc) is 2.51. The van der Waals surface area contributed by atoms with E-state index >= 15 is 0 Å². The number of halogens is 1. The summed E-state index contributed by atoms with van der Waals surface area (Å²) in [6.45, 7) is 9.31. The van der Waals surface area contributed by atoms with Crippen LogP contribution in [0.5, 0.6) is 11.5 Å². The normalized spacial score (nSPS) is 12.9. The number of nitrogens with one attached hydrogen (secondary N) is 1. The fraction of sp³-hybridized carbons (Fsp3) is 0.611. The van der Waals surface area contributed by atoms with Gasteiger partial charge in [-0.1, -0.05) is 20.8 Å². The van der Waals surface area contributed by atoms with Crippen molar-refractivity contribution in [3.05, 3.63) is 24.3 Å². The Morgan fingerprint density at radius 2 is 1.75 bits per heavy atom. The van der Waals surface area contributed by atoms with E-state index in [2.05, 4.69) is 26.1 Å². The third kappa shape index (κ3) is 8.41. The van der Waals surface area contributed by atoms with Crippen molar-refractivity contribution < 1.29 is 14.3 Å². The van der Waals surface area contributed by atoms with Crippen LogP contribution in [0, 0.1) is 5.92 Å². The zero-order valence-corrected chi connectivity index (χ0v) is 15.9. The molecule has 6 heteroatoms. The lowest BCUT2D eigenvalue weighted by molar-refractivity contribution is -0.125. The second-order valence-corrected chi connectivity index (χ2v) is 6.52. The lowest BCUT2D eigenvalue weighted by atomic mass is 9.91. The summed E-state index contributed by atoms with van der Waals surface area (Å²) in [5.41, 5.74) is 5.40. The molecule has 24 heavy (non-hydrogen) atoms. The molecule has 138 valence electrons. The van der Waals surface area contributed by atoms with E-state index in [4.69, 9.17) is 15.2 Å². The highest BCUT2D eigenvalue weighted by molar-refractivity contribution is 5.85. The summed E-state index contributed by atoms with van der Waals surface area (Å²) in [4.78, 5) is 12.1. The van der Waals surface area contributed by atoms with Crippen molar-refractivity contribution in [2.45, 2.75) is 46.1 Å². The summed E-state index contributed by atoms with van der Waals surface area (Å²) in [6.07, 6.45) is 1.80. The van der Waals surface area contributed by atoms with Gasteiger partial charge in [-0.05, 0) is 49.9 Å². The highest BCUT2D eigenvalue weighted by Gasteiger charge is 2.25. The molecule has 0 aliphatic carbocycles. The van der Waals surface area contributed by atoms with Gasteiger partial charge in [-0.25, -0.2) is 0 Å². The molecule has 1 rings (SSSR count). The standard InChI is InChI=1S/C18H30N2O3.ClH/c1-5-10-22-15-6-8-16(9-7-15)23-12-17(21)20-18(4,13-19)11-14(2)3;/h6-9,14H,5,10-13,19H2,1-4H3,(H,20,21);1H. The van der Waals surface area contributed by atoms with Gasteiger partial charge in [0.15, 0.2) is 6.61 Å². The molecule has 0 radical (unpaired) electrons. The Kier molecular flexibility index (Phi) is 10.5. The van der Waals surface area contributed by atoms with Crippen LogP contribution in [0.3, 0.4) is 0 Å². The molecule has 1 atom stereocenters. The smallest absolute Gasteiger partial charge is 0.258 e. The molecule has 0 heterocycles. The summed E-state index contributed by atoms with van der Waals surface area (Å²) in [7, 11) is 0. The van der Waals surface area contributed by atoms with E-state index in [-0.39, 0.29) is 24.9 Å². The van der Waals surface area contributed by atoms with Crippen molar-refractivity contribution in [2.24, 2.45) is 11.7 Å². The van der Waals surface area contributed by atoms with Gasteiger partial charge in [-0.3, -0.25) is 4.79 Å². The van der Waals surface area contributed by atoms with Gasteiger partial charge in [0.05, 0.1) is 6.61 Å². The number of amides is 1. The highest BCUT2D eigenvalue weighted by Crippen LogP contribution is 2.18. The first kappa shape index (κ1) is 22.5. The van der Waals surface area contributed by atoms with Crippen LogP contribution >= 0.6 is 12.4 Å². The van der Waals surface area contributed by atoms with E-state index in [1.165, 1.54) is 0 Å². The molecule has 0 aliphatic rings. The molecule has 1 unspecified atom stereocenters. The minimum Gasteiger partial charge on any atom is -0.494 e. The van der Waals surface area contributed by atoms with Crippen LogP contribution in [0.1, 0.15) is 40.5 Å². The Labute approximate surface area is 151 Å².